The number of aryl methyl sites for hydroxylation is 1. The van der Waals surface area contributed by atoms with Crippen molar-refractivity contribution in [3.05, 3.63) is 170 Å². The Kier molecular flexibility index (Phi) is 7.44. The first-order chi connectivity index (χ1) is 22.1. The Morgan fingerprint density at radius 1 is 0.822 bits per heavy atom. The van der Waals surface area contributed by atoms with Gasteiger partial charge >= 0.3 is 4.87 Å². The third-order valence-electron chi connectivity index (χ3n) is 8.05. The first-order valence-electron chi connectivity index (χ1n) is 14.5. The quantitative estimate of drug-likeness (QED) is 0.193. The number of ether oxygens (including phenoxy) is 1. The molecule has 0 amide bonds. The van der Waals surface area contributed by atoms with Gasteiger partial charge in [-0.25, -0.2) is 15.0 Å². The minimum Gasteiger partial charge on any atom is -0.494 e. The third kappa shape index (κ3) is 5.07. The molecule has 0 saturated carbocycles. The number of hydrogen-bond acceptors (Lipinski definition) is 7. The normalized spacial score (nSPS) is 11.6. The Hall–Kier alpha value is -5.54. The average molecular weight is 612 g/mol. The summed E-state index contributed by atoms with van der Waals surface area (Å²) < 4.78 is 9.45. The number of thiazole rings is 1. The molecular weight excluding hydrogens is 582 g/mol. The zero-order valence-electron chi connectivity index (χ0n) is 24.4. The van der Waals surface area contributed by atoms with Gasteiger partial charge in [0.25, 0.3) is 0 Å². The van der Waals surface area contributed by atoms with Gasteiger partial charge in [0, 0.05) is 13.5 Å². The number of rotatable bonds is 9. The van der Waals surface area contributed by atoms with Crippen molar-refractivity contribution in [3.63, 3.8) is 0 Å². The van der Waals surface area contributed by atoms with E-state index < -0.39 is 5.54 Å². The molecule has 0 spiro atoms. The highest BCUT2D eigenvalue weighted by Gasteiger charge is 2.42. The Balaban J connectivity index is 1.22. The lowest BCUT2D eigenvalue weighted by Gasteiger charge is -2.37. The van der Waals surface area contributed by atoms with Gasteiger partial charge in [-0.1, -0.05) is 114 Å². The number of fused-ring (bicyclic) bond motifs is 1. The Bertz CT molecular complexity index is 2030. The summed E-state index contributed by atoms with van der Waals surface area (Å²) in [7, 11) is 1.90. The van der Waals surface area contributed by atoms with E-state index in [0.29, 0.717) is 17.0 Å². The lowest BCUT2D eigenvalue weighted by atomic mass is 9.76. The van der Waals surface area contributed by atoms with E-state index in [1.165, 1.54) is 6.33 Å². The molecule has 9 heteroatoms. The van der Waals surface area contributed by atoms with Crippen molar-refractivity contribution in [1.29, 1.82) is 0 Å². The molecule has 8 nitrogen and oxygen atoms in total. The lowest BCUT2D eigenvalue weighted by molar-refractivity contribution is 0.292. The number of aromatic hydroxyl groups is 1. The second-order valence-electron chi connectivity index (χ2n) is 10.7. The van der Waals surface area contributed by atoms with Gasteiger partial charge in [-0.2, -0.15) is 0 Å². The molecule has 0 radical (unpaired) electrons. The summed E-state index contributed by atoms with van der Waals surface area (Å²) in [5.41, 5.74) is 3.94. The molecule has 0 unspecified atom stereocenters. The fourth-order valence-corrected chi connectivity index (χ4v) is 6.85. The van der Waals surface area contributed by atoms with E-state index in [2.05, 4.69) is 15.0 Å². The summed E-state index contributed by atoms with van der Waals surface area (Å²) in [6.07, 6.45) is 3.57. The van der Waals surface area contributed by atoms with E-state index in [1.54, 1.807) is 10.8 Å². The van der Waals surface area contributed by atoms with Gasteiger partial charge in [0.05, 0.1) is 11.1 Å². The van der Waals surface area contributed by atoms with Crippen LogP contribution in [0.3, 0.4) is 0 Å². The van der Waals surface area contributed by atoms with Crippen molar-refractivity contribution in [2.45, 2.75) is 18.6 Å². The van der Waals surface area contributed by atoms with Crippen molar-refractivity contribution in [3.8, 4) is 11.6 Å². The van der Waals surface area contributed by atoms with Crippen molar-refractivity contribution >= 4 is 22.5 Å². The molecule has 0 aliphatic rings. The molecule has 0 aliphatic carbocycles. The first-order valence-corrected chi connectivity index (χ1v) is 15.3. The van der Waals surface area contributed by atoms with Crippen LogP contribution in [0.5, 0.6) is 11.6 Å². The summed E-state index contributed by atoms with van der Waals surface area (Å²) in [5, 5.41) is 11.9. The molecule has 0 fully saturated rings. The largest absolute Gasteiger partial charge is 0.494 e. The highest BCUT2D eigenvalue weighted by atomic mass is 32.1. The van der Waals surface area contributed by atoms with Crippen LogP contribution < -0.4 is 9.61 Å². The molecular formula is C36H29N5O3S. The molecule has 4 aromatic carbocycles. The molecule has 7 rings (SSSR count). The second kappa shape index (κ2) is 11.9. The smallest absolute Gasteiger partial charge is 0.311 e. The highest BCUT2D eigenvalue weighted by Crippen LogP contribution is 2.43. The van der Waals surface area contributed by atoms with Crippen molar-refractivity contribution in [2.75, 3.05) is 0 Å². The van der Waals surface area contributed by atoms with E-state index in [-0.39, 0.29) is 17.4 Å². The molecule has 3 heterocycles. The van der Waals surface area contributed by atoms with E-state index >= 15 is 0 Å². The summed E-state index contributed by atoms with van der Waals surface area (Å²) in [6.45, 7) is 0.276. The summed E-state index contributed by atoms with van der Waals surface area (Å²) >= 11 is 1.07. The second-order valence-corrected chi connectivity index (χ2v) is 11.7. The van der Waals surface area contributed by atoms with Crippen molar-refractivity contribution in [2.24, 2.45) is 7.05 Å². The molecule has 45 heavy (non-hydrogen) atoms. The van der Waals surface area contributed by atoms with Gasteiger partial charge in [0.15, 0.2) is 5.65 Å². The fraction of sp³-hybridized carbons (Fsp3) is 0.111. The topological polar surface area (TPSA) is 95.1 Å². The summed E-state index contributed by atoms with van der Waals surface area (Å²) in [5.74, 6) is 1.37. The maximum Gasteiger partial charge on any atom is 0.311 e. The zero-order valence-corrected chi connectivity index (χ0v) is 25.3. The fourth-order valence-electron chi connectivity index (χ4n) is 5.90. The van der Waals surface area contributed by atoms with Gasteiger partial charge in [-0.3, -0.25) is 9.36 Å². The SMILES string of the molecule is Cn1c(COc2ccc(Cc3sc(=O)n(C(c4ccccc4)(c4ccccc4)c4ccccc4)c3O)cc2)nc2cncnc21. The van der Waals surface area contributed by atoms with Crippen LogP contribution in [0.2, 0.25) is 0 Å². The predicted octanol–water partition coefficient (Wildman–Crippen LogP) is 6.30. The van der Waals surface area contributed by atoms with Crippen LogP contribution in [0.4, 0.5) is 0 Å². The number of hydrogen-bond donors (Lipinski definition) is 1. The minimum absolute atomic E-state index is 0.0492. The van der Waals surface area contributed by atoms with E-state index in [4.69, 9.17) is 4.74 Å². The van der Waals surface area contributed by atoms with E-state index in [9.17, 15) is 9.90 Å². The first kappa shape index (κ1) is 28.2. The van der Waals surface area contributed by atoms with Gasteiger partial charge < -0.3 is 14.4 Å². The molecule has 0 atom stereocenters. The highest BCUT2D eigenvalue weighted by molar-refractivity contribution is 7.09. The van der Waals surface area contributed by atoms with Crippen molar-refractivity contribution in [1.82, 2.24) is 24.1 Å². The molecule has 0 saturated heterocycles. The lowest BCUT2D eigenvalue weighted by Crippen LogP contribution is -2.42. The maximum atomic E-state index is 14.0. The van der Waals surface area contributed by atoms with Crippen molar-refractivity contribution < 1.29 is 9.84 Å². The summed E-state index contributed by atoms with van der Waals surface area (Å²) in [4.78, 5) is 27.2. The van der Waals surface area contributed by atoms with Crippen LogP contribution in [0.25, 0.3) is 11.2 Å². The van der Waals surface area contributed by atoms with Crippen LogP contribution in [0.1, 0.15) is 33.0 Å². The van der Waals surface area contributed by atoms with E-state index in [0.717, 1.165) is 50.6 Å². The van der Waals surface area contributed by atoms with Crippen LogP contribution in [0.15, 0.2) is 133 Å². The van der Waals surface area contributed by atoms with Crippen LogP contribution in [-0.2, 0) is 25.6 Å². The summed E-state index contributed by atoms with van der Waals surface area (Å²) in [6, 6.07) is 37.3. The number of benzene rings is 4. The maximum absolute atomic E-state index is 14.0. The molecule has 1 N–H and O–H groups in total. The number of imidazole rings is 1. The van der Waals surface area contributed by atoms with E-state index in [1.807, 2.05) is 127 Å². The Labute approximate surface area is 263 Å². The van der Waals surface area contributed by atoms with Crippen LogP contribution >= 0.6 is 11.3 Å². The standard InChI is InChI=1S/C36H29N5O3S/c1-40-32(39-30-22-37-24-38-33(30)40)23-44-29-19-17-25(18-20-29)21-31-34(42)41(35(43)45-31)36(26-11-5-2-6-12-26,27-13-7-3-8-14-27)28-15-9-4-10-16-28/h2-20,22,24,42H,21,23H2,1H3. The number of aromatic nitrogens is 5. The molecule has 0 aliphatic heterocycles. The molecule has 0 bridgehead atoms. The molecule has 3 aromatic heterocycles. The van der Waals surface area contributed by atoms with Gasteiger partial charge in [-0.05, 0) is 34.4 Å². The average Bonchev–Trinajstić information content (AvgIpc) is 3.56. The minimum atomic E-state index is -1.08. The van der Waals surface area contributed by atoms with Crippen LogP contribution in [-0.4, -0.2) is 29.2 Å². The molecule has 7 aromatic rings. The third-order valence-corrected chi connectivity index (χ3v) is 8.98. The van der Waals surface area contributed by atoms with Crippen LogP contribution in [0, 0.1) is 0 Å². The predicted molar refractivity (Wildman–Crippen MR) is 175 cm³/mol. The Morgan fingerprint density at radius 2 is 1.40 bits per heavy atom. The Morgan fingerprint density at radius 3 is 1.96 bits per heavy atom. The number of nitrogens with zero attached hydrogens (tertiary/aromatic N) is 5. The van der Waals surface area contributed by atoms with Gasteiger partial charge in [0.2, 0.25) is 5.88 Å². The van der Waals surface area contributed by atoms with Gasteiger partial charge in [-0.15, -0.1) is 0 Å². The molecule has 222 valence electrons. The van der Waals surface area contributed by atoms with Gasteiger partial charge in [0.1, 0.15) is 35.6 Å². The zero-order chi connectivity index (χ0) is 30.8. The monoisotopic (exact) mass is 611 g/mol.